The second kappa shape index (κ2) is 5.48. The van der Waals surface area contributed by atoms with E-state index < -0.39 is 0 Å². The number of aromatic nitrogens is 2. The molecule has 2 fully saturated rings. The topological polar surface area (TPSA) is 17.8 Å². The Bertz CT molecular complexity index is 664. The van der Waals surface area contributed by atoms with E-state index in [9.17, 15) is 0 Å². The Hall–Kier alpha value is -0.730. The van der Waals surface area contributed by atoms with Crippen molar-refractivity contribution in [1.29, 1.82) is 0 Å². The van der Waals surface area contributed by atoms with Crippen molar-refractivity contribution in [1.82, 2.24) is 9.55 Å². The molecule has 2 nitrogen and oxygen atoms in total. The van der Waals surface area contributed by atoms with Crippen LogP contribution in [0.1, 0.15) is 31.5 Å². The third-order valence-corrected chi connectivity index (χ3v) is 5.83. The van der Waals surface area contributed by atoms with Crippen LogP contribution < -0.4 is 0 Å². The maximum atomic E-state index is 6.10. The molecule has 0 spiro atoms. The fraction of sp³-hybridized carbons (Fsp3) is 0.588. The molecule has 0 radical (unpaired) electrons. The number of benzene rings is 1. The van der Waals surface area contributed by atoms with Crippen molar-refractivity contribution in [3.63, 3.8) is 0 Å². The Labute approximate surface area is 135 Å². The Morgan fingerprint density at radius 2 is 2.14 bits per heavy atom. The first-order chi connectivity index (χ1) is 10.2. The summed E-state index contributed by atoms with van der Waals surface area (Å²) in [5.41, 5.74) is 2.22. The number of alkyl halides is 1. The molecule has 1 aromatic heterocycles. The predicted octanol–water partition coefficient (Wildman–Crippen LogP) is 4.91. The SMILES string of the molecule is ClCCc1nc2cc(Cl)ccc2n1CC1CC2CCC1C2. The van der Waals surface area contributed by atoms with Gasteiger partial charge in [-0.2, -0.15) is 0 Å². The lowest BCUT2D eigenvalue weighted by Crippen LogP contribution is -2.19. The molecular formula is C17H20Cl2N2. The minimum Gasteiger partial charge on any atom is -0.328 e. The van der Waals surface area contributed by atoms with Crippen molar-refractivity contribution in [3.8, 4) is 0 Å². The molecule has 0 N–H and O–H groups in total. The number of rotatable bonds is 4. The van der Waals surface area contributed by atoms with Crippen LogP contribution in [0.15, 0.2) is 18.2 Å². The minimum absolute atomic E-state index is 0.619. The molecule has 3 atom stereocenters. The van der Waals surface area contributed by atoms with E-state index in [0.717, 1.165) is 47.1 Å². The molecule has 21 heavy (non-hydrogen) atoms. The van der Waals surface area contributed by atoms with Gasteiger partial charge in [0.25, 0.3) is 0 Å². The molecule has 4 heteroatoms. The molecule has 1 aromatic carbocycles. The van der Waals surface area contributed by atoms with Crippen LogP contribution >= 0.6 is 23.2 Å². The summed E-state index contributed by atoms with van der Waals surface area (Å²) >= 11 is 12.1. The first kappa shape index (κ1) is 13.9. The van der Waals surface area contributed by atoms with Gasteiger partial charge in [0.1, 0.15) is 5.82 Å². The molecule has 2 aliphatic rings. The number of halogens is 2. The smallest absolute Gasteiger partial charge is 0.111 e. The molecule has 2 saturated carbocycles. The second-order valence-corrected chi connectivity index (χ2v) is 7.46. The predicted molar refractivity (Wildman–Crippen MR) is 88.1 cm³/mol. The number of fused-ring (bicyclic) bond motifs is 3. The van der Waals surface area contributed by atoms with E-state index in [1.807, 2.05) is 12.1 Å². The molecule has 3 unspecified atom stereocenters. The third-order valence-electron chi connectivity index (χ3n) is 5.41. The van der Waals surface area contributed by atoms with Gasteiger partial charge in [0.2, 0.25) is 0 Å². The van der Waals surface area contributed by atoms with Crippen LogP contribution in [0.5, 0.6) is 0 Å². The van der Waals surface area contributed by atoms with Gasteiger partial charge in [-0.1, -0.05) is 18.0 Å². The average Bonchev–Trinajstić information content (AvgIpc) is 3.14. The lowest BCUT2D eigenvalue weighted by atomic mass is 9.88. The van der Waals surface area contributed by atoms with Gasteiger partial charge in [-0.3, -0.25) is 0 Å². The molecule has 0 amide bonds. The number of nitrogens with zero attached hydrogens (tertiary/aromatic N) is 2. The molecule has 112 valence electrons. The lowest BCUT2D eigenvalue weighted by molar-refractivity contribution is 0.296. The third kappa shape index (κ3) is 2.47. The Morgan fingerprint density at radius 3 is 2.86 bits per heavy atom. The van der Waals surface area contributed by atoms with Gasteiger partial charge < -0.3 is 4.57 Å². The zero-order chi connectivity index (χ0) is 14.4. The van der Waals surface area contributed by atoms with Crippen molar-refractivity contribution in [2.45, 2.75) is 38.6 Å². The Morgan fingerprint density at radius 1 is 1.24 bits per heavy atom. The number of imidazole rings is 1. The van der Waals surface area contributed by atoms with E-state index >= 15 is 0 Å². The zero-order valence-electron chi connectivity index (χ0n) is 12.1. The van der Waals surface area contributed by atoms with Crippen molar-refractivity contribution >= 4 is 34.2 Å². The van der Waals surface area contributed by atoms with E-state index in [4.69, 9.17) is 28.2 Å². The van der Waals surface area contributed by atoms with E-state index in [2.05, 4.69) is 10.6 Å². The van der Waals surface area contributed by atoms with Gasteiger partial charge in [-0.25, -0.2) is 4.98 Å². The van der Waals surface area contributed by atoms with Gasteiger partial charge in [-0.05, 0) is 55.2 Å². The fourth-order valence-corrected chi connectivity index (χ4v) is 4.80. The summed E-state index contributed by atoms with van der Waals surface area (Å²) in [5.74, 6) is 4.48. The van der Waals surface area contributed by atoms with Crippen LogP contribution in [0.25, 0.3) is 11.0 Å². The zero-order valence-corrected chi connectivity index (χ0v) is 13.6. The summed E-state index contributed by atoms with van der Waals surface area (Å²) in [4.78, 5) is 4.76. The van der Waals surface area contributed by atoms with Crippen molar-refractivity contribution in [2.75, 3.05) is 5.88 Å². The van der Waals surface area contributed by atoms with Gasteiger partial charge in [0.15, 0.2) is 0 Å². The quantitative estimate of drug-likeness (QED) is 0.731. The summed E-state index contributed by atoms with van der Waals surface area (Å²) in [6, 6.07) is 6.04. The van der Waals surface area contributed by atoms with Crippen molar-refractivity contribution in [2.24, 2.45) is 17.8 Å². The molecule has 1 heterocycles. The monoisotopic (exact) mass is 322 g/mol. The fourth-order valence-electron chi connectivity index (χ4n) is 4.47. The summed E-state index contributed by atoms with van der Waals surface area (Å²) < 4.78 is 2.40. The van der Waals surface area contributed by atoms with E-state index in [0.29, 0.717) is 5.88 Å². The first-order valence-corrected chi connectivity index (χ1v) is 8.86. The van der Waals surface area contributed by atoms with Crippen LogP contribution in [-0.4, -0.2) is 15.4 Å². The largest absolute Gasteiger partial charge is 0.328 e. The van der Waals surface area contributed by atoms with Crippen LogP contribution in [0.2, 0.25) is 5.02 Å². The highest BCUT2D eigenvalue weighted by atomic mass is 35.5. The molecule has 0 saturated heterocycles. The molecule has 2 bridgehead atoms. The van der Waals surface area contributed by atoms with Crippen LogP contribution in [0.3, 0.4) is 0 Å². The molecule has 2 aromatic rings. The molecule has 4 rings (SSSR count). The van der Waals surface area contributed by atoms with Gasteiger partial charge >= 0.3 is 0 Å². The summed E-state index contributed by atoms with van der Waals surface area (Å²) in [6.07, 6.45) is 6.56. The first-order valence-electron chi connectivity index (χ1n) is 7.95. The second-order valence-electron chi connectivity index (χ2n) is 6.65. The maximum absolute atomic E-state index is 6.10. The molecule has 0 aliphatic heterocycles. The molecule has 2 aliphatic carbocycles. The number of hydrogen-bond acceptors (Lipinski definition) is 1. The van der Waals surface area contributed by atoms with E-state index in [1.165, 1.54) is 31.2 Å². The van der Waals surface area contributed by atoms with Crippen molar-refractivity contribution < 1.29 is 0 Å². The standard InChI is InChI=1S/C17H20Cl2N2/c18-6-5-17-20-15-9-14(19)3-4-16(15)21(17)10-13-8-11-1-2-12(13)7-11/h3-4,9,11-13H,1-2,5-8,10H2. The Kier molecular flexibility index (Phi) is 3.63. The van der Waals surface area contributed by atoms with Crippen LogP contribution in [0.4, 0.5) is 0 Å². The van der Waals surface area contributed by atoms with Crippen LogP contribution in [0, 0.1) is 17.8 Å². The normalized spacial score (nSPS) is 27.8. The van der Waals surface area contributed by atoms with Gasteiger partial charge in [0, 0.05) is 23.9 Å². The minimum atomic E-state index is 0.619. The highest BCUT2D eigenvalue weighted by Crippen LogP contribution is 2.49. The average molecular weight is 323 g/mol. The van der Waals surface area contributed by atoms with Gasteiger partial charge in [-0.15, -0.1) is 11.6 Å². The summed E-state index contributed by atoms with van der Waals surface area (Å²) in [7, 11) is 0. The maximum Gasteiger partial charge on any atom is 0.111 e. The van der Waals surface area contributed by atoms with Gasteiger partial charge in [0.05, 0.1) is 11.0 Å². The number of aryl methyl sites for hydroxylation is 1. The van der Waals surface area contributed by atoms with E-state index in [1.54, 1.807) is 0 Å². The molecular weight excluding hydrogens is 303 g/mol. The number of hydrogen-bond donors (Lipinski definition) is 0. The summed E-state index contributed by atoms with van der Waals surface area (Å²) in [5, 5.41) is 0.754. The Balaban J connectivity index is 1.70. The lowest BCUT2D eigenvalue weighted by Gasteiger charge is -2.23. The highest BCUT2D eigenvalue weighted by molar-refractivity contribution is 6.31. The van der Waals surface area contributed by atoms with Crippen molar-refractivity contribution in [3.05, 3.63) is 29.0 Å². The van der Waals surface area contributed by atoms with E-state index in [-0.39, 0.29) is 0 Å². The van der Waals surface area contributed by atoms with Crippen LogP contribution in [-0.2, 0) is 13.0 Å². The summed E-state index contributed by atoms with van der Waals surface area (Å²) in [6.45, 7) is 1.10. The highest BCUT2D eigenvalue weighted by Gasteiger charge is 2.39.